The first kappa shape index (κ1) is 16.5. The molecule has 0 radical (unpaired) electrons. The molecule has 2 aromatic rings. The summed E-state index contributed by atoms with van der Waals surface area (Å²) in [7, 11) is 0. The summed E-state index contributed by atoms with van der Waals surface area (Å²) in [5.74, 6) is 0.209. The number of benzene rings is 1. The fourth-order valence-electron chi connectivity index (χ4n) is 3.80. The van der Waals surface area contributed by atoms with Crippen molar-refractivity contribution in [2.75, 3.05) is 32.8 Å². The normalized spacial score (nSPS) is 18.4. The van der Waals surface area contributed by atoms with E-state index in [2.05, 4.69) is 23.1 Å². The SMILES string of the molecule is Cl.O=C(CN1CCOCC1)n1c2c(c3ccccc31)CCCC2. The Morgan fingerprint density at radius 1 is 1.09 bits per heavy atom. The van der Waals surface area contributed by atoms with Crippen molar-refractivity contribution in [3.63, 3.8) is 0 Å². The summed E-state index contributed by atoms with van der Waals surface area (Å²) in [6.45, 7) is 3.67. The molecule has 1 saturated heterocycles. The number of ether oxygens (including phenoxy) is 1. The summed E-state index contributed by atoms with van der Waals surface area (Å²) >= 11 is 0. The standard InChI is InChI=1S/C18H22N2O2.ClH/c21-18(13-19-9-11-22-12-10-19)20-16-7-3-1-5-14(16)15-6-2-4-8-17(15)20;/h1,3,5,7H,2,4,6,8-13H2;1H. The van der Waals surface area contributed by atoms with Crippen LogP contribution in [-0.4, -0.2) is 48.2 Å². The Morgan fingerprint density at radius 2 is 1.83 bits per heavy atom. The van der Waals surface area contributed by atoms with Gasteiger partial charge in [-0.15, -0.1) is 12.4 Å². The van der Waals surface area contributed by atoms with Crippen LogP contribution in [0.15, 0.2) is 24.3 Å². The lowest BCUT2D eigenvalue weighted by Crippen LogP contribution is -2.41. The molecule has 2 aliphatic rings. The van der Waals surface area contributed by atoms with Gasteiger partial charge in [-0.25, -0.2) is 0 Å². The molecule has 1 aromatic heterocycles. The van der Waals surface area contributed by atoms with E-state index in [4.69, 9.17) is 4.74 Å². The van der Waals surface area contributed by atoms with E-state index in [0.29, 0.717) is 6.54 Å². The number of morpholine rings is 1. The van der Waals surface area contributed by atoms with E-state index in [0.717, 1.165) is 44.7 Å². The van der Waals surface area contributed by atoms with Gasteiger partial charge in [-0.1, -0.05) is 18.2 Å². The molecule has 0 amide bonds. The van der Waals surface area contributed by atoms with E-state index in [1.165, 1.54) is 29.5 Å². The van der Waals surface area contributed by atoms with Gasteiger partial charge in [-0.05, 0) is 37.3 Å². The highest BCUT2D eigenvalue weighted by molar-refractivity contribution is 5.97. The minimum Gasteiger partial charge on any atom is -0.379 e. The zero-order chi connectivity index (χ0) is 14.9. The number of carbonyl (C=O) groups is 1. The molecule has 0 unspecified atom stereocenters. The second-order valence-electron chi connectivity index (χ2n) is 6.27. The van der Waals surface area contributed by atoms with Crippen molar-refractivity contribution < 1.29 is 9.53 Å². The van der Waals surface area contributed by atoms with E-state index in [1.807, 2.05) is 10.6 Å². The van der Waals surface area contributed by atoms with Gasteiger partial charge < -0.3 is 4.74 Å². The highest BCUT2D eigenvalue weighted by atomic mass is 35.5. The van der Waals surface area contributed by atoms with Crippen LogP contribution < -0.4 is 0 Å². The molecule has 4 nitrogen and oxygen atoms in total. The van der Waals surface area contributed by atoms with Gasteiger partial charge in [0.1, 0.15) is 0 Å². The number of aromatic nitrogens is 1. The third-order valence-corrected chi connectivity index (χ3v) is 4.89. The third-order valence-electron chi connectivity index (χ3n) is 4.89. The predicted octanol–water partition coefficient (Wildman–Crippen LogP) is 2.91. The number of fused-ring (bicyclic) bond motifs is 3. The highest BCUT2D eigenvalue weighted by Crippen LogP contribution is 2.32. The first-order valence-electron chi connectivity index (χ1n) is 8.29. The van der Waals surface area contributed by atoms with Crippen molar-refractivity contribution in [2.24, 2.45) is 0 Å². The zero-order valence-electron chi connectivity index (χ0n) is 13.3. The number of hydrogen-bond donors (Lipinski definition) is 0. The summed E-state index contributed by atoms with van der Waals surface area (Å²) < 4.78 is 7.37. The molecule has 1 aromatic carbocycles. The lowest BCUT2D eigenvalue weighted by Gasteiger charge is -2.26. The van der Waals surface area contributed by atoms with Crippen LogP contribution in [0.1, 0.15) is 28.9 Å². The molecule has 1 aliphatic heterocycles. The van der Waals surface area contributed by atoms with Gasteiger partial charge in [0, 0.05) is 24.2 Å². The average Bonchev–Trinajstić information content (AvgIpc) is 2.90. The van der Waals surface area contributed by atoms with Gasteiger partial charge >= 0.3 is 0 Å². The summed E-state index contributed by atoms with van der Waals surface area (Å²) in [4.78, 5) is 15.1. The minimum atomic E-state index is 0. The Morgan fingerprint density at radius 3 is 2.65 bits per heavy atom. The third kappa shape index (κ3) is 3.03. The fraction of sp³-hybridized carbons (Fsp3) is 0.500. The van der Waals surface area contributed by atoms with Crippen LogP contribution in [0.2, 0.25) is 0 Å². The largest absolute Gasteiger partial charge is 0.379 e. The van der Waals surface area contributed by atoms with Crippen molar-refractivity contribution >= 4 is 29.2 Å². The van der Waals surface area contributed by atoms with Crippen molar-refractivity contribution in [1.82, 2.24) is 9.47 Å². The van der Waals surface area contributed by atoms with Gasteiger partial charge in [-0.3, -0.25) is 14.3 Å². The average molecular weight is 335 g/mol. The topological polar surface area (TPSA) is 34.5 Å². The van der Waals surface area contributed by atoms with E-state index in [-0.39, 0.29) is 18.3 Å². The smallest absolute Gasteiger partial charge is 0.245 e. The number of carbonyl (C=O) groups excluding carboxylic acids is 1. The maximum atomic E-state index is 12.9. The summed E-state index contributed by atoms with van der Waals surface area (Å²) in [6.07, 6.45) is 4.55. The van der Waals surface area contributed by atoms with Crippen molar-refractivity contribution in [3.8, 4) is 0 Å². The number of nitrogens with zero attached hydrogens (tertiary/aromatic N) is 2. The van der Waals surface area contributed by atoms with Gasteiger partial charge in [0.2, 0.25) is 5.91 Å². The zero-order valence-corrected chi connectivity index (χ0v) is 14.1. The van der Waals surface area contributed by atoms with Crippen molar-refractivity contribution in [3.05, 3.63) is 35.5 Å². The maximum absolute atomic E-state index is 12.9. The van der Waals surface area contributed by atoms with Crippen LogP contribution in [0.3, 0.4) is 0 Å². The number of para-hydroxylation sites is 1. The Balaban J connectivity index is 0.00000156. The van der Waals surface area contributed by atoms with Crippen LogP contribution in [-0.2, 0) is 17.6 Å². The molecular formula is C18H23ClN2O2. The summed E-state index contributed by atoms with van der Waals surface area (Å²) in [6, 6.07) is 8.36. The molecule has 124 valence electrons. The molecule has 4 rings (SSSR count). The van der Waals surface area contributed by atoms with Crippen molar-refractivity contribution in [2.45, 2.75) is 25.7 Å². The van der Waals surface area contributed by atoms with Crippen molar-refractivity contribution in [1.29, 1.82) is 0 Å². The second kappa shape index (κ2) is 7.04. The van der Waals surface area contributed by atoms with Gasteiger partial charge in [0.25, 0.3) is 0 Å². The lowest BCUT2D eigenvalue weighted by molar-refractivity contribution is 0.0350. The Labute approximate surface area is 142 Å². The van der Waals surface area contributed by atoms with E-state index >= 15 is 0 Å². The molecule has 0 spiro atoms. The molecular weight excluding hydrogens is 312 g/mol. The van der Waals surface area contributed by atoms with E-state index in [9.17, 15) is 4.79 Å². The van der Waals surface area contributed by atoms with E-state index in [1.54, 1.807) is 0 Å². The molecule has 0 N–H and O–H groups in total. The number of hydrogen-bond acceptors (Lipinski definition) is 3. The molecule has 0 atom stereocenters. The Bertz CT molecular complexity index is 704. The molecule has 1 fully saturated rings. The number of rotatable bonds is 2. The van der Waals surface area contributed by atoms with Crippen LogP contribution >= 0.6 is 12.4 Å². The monoisotopic (exact) mass is 334 g/mol. The first-order valence-corrected chi connectivity index (χ1v) is 8.29. The minimum absolute atomic E-state index is 0. The van der Waals surface area contributed by atoms with Crippen LogP contribution in [0.5, 0.6) is 0 Å². The van der Waals surface area contributed by atoms with Crippen LogP contribution in [0.25, 0.3) is 10.9 Å². The molecule has 0 saturated carbocycles. The van der Waals surface area contributed by atoms with Crippen LogP contribution in [0.4, 0.5) is 0 Å². The molecule has 5 heteroatoms. The quantitative estimate of drug-likeness (QED) is 0.847. The van der Waals surface area contributed by atoms with Crippen LogP contribution in [0, 0.1) is 0 Å². The fourth-order valence-corrected chi connectivity index (χ4v) is 3.80. The predicted molar refractivity (Wildman–Crippen MR) is 93.7 cm³/mol. The van der Waals surface area contributed by atoms with E-state index < -0.39 is 0 Å². The first-order chi connectivity index (χ1) is 10.8. The molecule has 1 aliphatic carbocycles. The Hall–Kier alpha value is -1.36. The summed E-state index contributed by atoms with van der Waals surface area (Å²) in [5.41, 5.74) is 3.75. The van der Waals surface area contributed by atoms with Gasteiger partial charge in [0.05, 0.1) is 25.3 Å². The second-order valence-corrected chi connectivity index (χ2v) is 6.27. The van der Waals surface area contributed by atoms with Gasteiger partial charge in [-0.2, -0.15) is 0 Å². The lowest BCUT2D eigenvalue weighted by atomic mass is 9.95. The molecule has 0 bridgehead atoms. The molecule has 2 heterocycles. The molecule has 23 heavy (non-hydrogen) atoms. The highest BCUT2D eigenvalue weighted by Gasteiger charge is 2.24. The summed E-state index contributed by atoms with van der Waals surface area (Å²) in [5, 5.41) is 1.27. The number of aryl methyl sites for hydroxylation is 1. The maximum Gasteiger partial charge on any atom is 0.245 e. The number of halogens is 1. The van der Waals surface area contributed by atoms with Gasteiger partial charge in [0.15, 0.2) is 0 Å². The Kier molecular flexibility index (Phi) is 5.05.